The number of thiophene rings is 1. The van der Waals surface area contributed by atoms with Crippen molar-refractivity contribution in [2.45, 2.75) is 10.2 Å². The van der Waals surface area contributed by atoms with Gasteiger partial charge < -0.3 is 5.11 Å². The fourth-order valence-electron chi connectivity index (χ4n) is 1.38. The summed E-state index contributed by atoms with van der Waals surface area (Å²) in [6, 6.07) is 6.03. The van der Waals surface area contributed by atoms with E-state index in [1.54, 1.807) is 23.1 Å². The number of fused-ring (bicyclic) bond motifs is 1. The van der Waals surface area contributed by atoms with Crippen LogP contribution in [0.2, 0.25) is 0 Å². The van der Waals surface area contributed by atoms with Crippen molar-refractivity contribution in [1.29, 1.82) is 0 Å². The molecule has 0 bridgehead atoms. The number of hydrogen-bond donors (Lipinski definition) is 1. The number of benzene rings is 1. The van der Waals surface area contributed by atoms with E-state index in [0.29, 0.717) is 11.1 Å². The highest BCUT2D eigenvalue weighted by molar-refractivity contribution is 9.08. The molecule has 0 aliphatic heterocycles. The van der Waals surface area contributed by atoms with Crippen LogP contribution in [0.4, 0.5) is 0 Å². The molecular weight excluding hydrogens is 280 g/mol. The molecule has 1 N–H and O–H groups in total. The molecule has 0 unspecified atom stereocenters. The smallest absolute Gasteiger partial charge is 0.138 e. The Bertz CT molecular complexity index is 464. The van der Waals surface area contributed by atoms with Gasteiger partial charge in [-0.3, -0.25) is 0 Å². The zero-order valence-electron chi connectivity index (χ0n) is 7.58. The Labute approximate surface area is 99.3 Å². The normalized spacial score (nSPS) is 11.0. The third-order valence-corrected chi connectivity index (χ3v) is 5.13. The van der Waals surface area contributed by atoms with Crippen LogP contribution >= 0.6 is 39.0 Å². The van der Waals surface area contributed by atoms with Crippen molar-refractivity contribution in [3.63, 3.8) is 0 Å². The summed E-state index contributed by atoms with van der Waals surface area (Å²) in [5.74, 6) is 0.428. The molecule has 14 heavy (non-hydrogen) atoms. The van der Waals surface area contributed by atoms with Crippen molar-refractivity contribution < 1.29 is 5.11 Å². The molecule has 0 saturated heterocycles. The van der Waals surface area contributed by atoms with Gasteiger partial charge in [-0.15, -0.1) is 23.1 Å². The highest BCUT2D eigenvalue weighted by Crippen LogP contribution is 2.41. The fraction of sp³-hybridized carbons (Fsp3) is 0.200. The van der Waals surface area contributed by atoms with Crippen molar-refractivity contribution in [3.05, 3.63) is 23.1 Å². The van der Waals surface area contributed by atoms with Gasteiger partial charge in [-0.2, -0.15) is 0 Å². The van der Waals surface area contributed by atoms with Gasteiger partial charge in [-0.25, -0.2) is 0 Å². The van der Waals surface area contributed by atoms with Crippen molar-refractivity contribution in [3.8, 4) is 5.75 Å². The van der Waals surface area contributed by atoms with Gasteiger partial charge in [0.1, 0.15) is 5.75 Å². The van der Waals surface area contributed by atoms with Crippen LogP contribution in [0.1, 0.15) is 4.88 Å². The van der Waals surface area contributed by atoms with Crippen molar-refractivity contribution >= 4 is 49.1 Å². The Hall–Kier alpha value is -0.190. The second kappa shape index (κ2) is 4.13. The summed E-state index contributed by atoms with van der Waals surface area (Å²) in [6.07, 6.45) is 2.05. The van der Waals surface area contributed by atoms with E-state index in [1.807, 2.05) is 12.1 Å². The van der Waals surface area contributed by atoms with Crippen LogP contribution in [0.5, 0.6) is 5.75 Å². The summed E-state index contributed by atoms with van der Waals surface area (Å²) < 4.78 is 1.19. The molecule has 2 aromatic rings. The van der Waals surface area contributed by atoms with Crippen LogP contribution in [0, 0.1) is 0 Å². The van der Waals surface area contributed by atoms with Crippen LogP contribution in [0.3, 0.4) is 0 Å². The number of aromatic hydroxyl groups is 1. The van der Waals surface area contributed by atoms with Crippen molar-refractivity contribution in [2.75, 3.05) is 6.26 Å². The first-order chi connectivity index (χ1) is 6.77. The first-order valence-corrected chi connectivity index (χ1v) is 7.27. The van der Waals surface area contributed by atoms with Crippen LogP contribution in [-0.2, 0) is 5.33 Å². The van der Waals surface area contributed by atoms with Crippen molar-refractivity contribution in [1.82, 2.24) is 0 Å². The van der Waals surface area contributed by atoms with Crippen LogP contribution < -0.4 is 0 Å². The summed E-state index contributed by atoms with van der Waals surface area (Å²) in [7, 11) is 0. The van der Waals surface area contributed by atoms with Gasteiger partial charge in [0.25, 0.3) is 0 Å². The van der Waals surface area contributed by atoms with E-state index >= 15 is 0 Å². The Morgan fingerprint density at radius 2 is 2.29 bits per heavy atom. The van der Waals surface area contributed by atoms with Gasteiger partial charge in [0.2, 0.25) is 0 Å². The van der Waals surface area contributed by atoms with E-state index in [-0.39, 0.29) is 0 Å². The third-order valence-electron chi connectivity index (χ3n) is 2.06. The SMILES string of the molecule is CSc1cccc2c(O)c(CBr)sc12. The lowest BCUT2D eigenvalue weighted by Crippen LogP contribution is -1.69. The summed E-state index contributed by atoms with van der Waals surface area (Å²) in [4.78, 5) is 2.23. The minimum Gasteiger partial charge on any atom is -0.506 e. The lowest BCUT2D eigenvalue weighted by molar-refractivity contribution is 0.480. The van der Waals surface area contributed by atoms with Gasteiger partial charge in [0, 0.05) is 15.6 Å². The Morgan fingerprint density at radius 1 is 1.50 bits per heavy atom. The van der Waals surface area contributed by atoms with Crippen molar-refractivity contribution in [2.24, 2.45) is 0 Å². The molecule has 0 aliphatic carbocycles. The molecule has 0 aliphatic rings. The molecule has 1 aromatic heterocycles. The first kappa shape index (κ1) is 10.3. The Balaban J connectivity index is 2.77. The van der Waals surface area contributed by atoms with E-state index < -0.39 is 0 Å². The minimum atomic E-state index is 0.428. The van der Waals surface area contributed by atoms with Gasteiger partial charge in [-0.1, -0.05) is 22.0 Å². The largest absolute Gasteiger partial charge is 0.506 e. The maximum absolute atomic E-state index is 9.88. The molecule has 1 heterocycles. The highest BCUT2D eigenvalue weighted by Gasteiger charge is 2.11. The number of alkyl halides is 1. The average molecular weight is 289 g/mol. The summed E-state index contributed by atoms with van der Waals surface area (Å²) in [5, 5.41) is 11.6. The number of thioether (sulfide) groups is 1. The zero-order chi connectivity index (χ0) is 10.1. The monoisotopic (exact) mass is 288 g/mol. The van der Waals surface area contributed by atoms with Gasteiger partial charge in [0.15, 0.2) is 0 Å². The summed E-state index contributed by atoms with van der Waals surface area (Å²) >= 11 is 6.75. The van der Waals surface area contributed by atoms with Gasteiger partial charge in [0.05, 0.1) is 9.58 Å². The molecule has 1 aromatic carbocycles. The molecule has 4 heteroatoms. The van der Waals surface area contributed by atoms with Crippen LogP contribution in [0.15, 0.2) is 23.1 Å². The summed E-state index contributed by atoms with van der Waals surface area (Å²) in [5.41, 5.74) is 0. The van der Waals surface area contributed by atoms with E-state index in [2.05, 4.69) is 28.3 Å². The first-order valence-electron chi connectivity index (χ1n) is 4.11. The maximum atomic E-state index is 9.88. The van der Waals surface area contributed by atoms with Crippen LogP contribution in [-0.4, -0.2) is 11.4 Å². The van der Waals surface area contributed by atoms with E-state index in [4.69, 9.17) is 0 Å². The molecule has 0 amide bonds. The Morgan fingerprint density at radius 3 is 2.93 bits per heavy atom. The molecule has 0 saturated carbocycles. The molecule has 0 atom stereocenters. The molecular formula is C10H9BrOS2. The predicted octanol–water partition coefficient (Wildman–Crippen LogP) is 4.22. The zero-order valence-corrected chi connectivity index (χ0v) is 10.8. The minimum absolute atomic E-state index is 0.428. The molecule has 74 valence electrons. The second-order valence-corrected chi connectivity index (χ2v) is 5.36. The highest BCUT2D eigenvalue weighted by atomic mass is 79.9. The molecule has 0 spiro atoms. The summed E-state index contributed by atoms with van der Waals surface area (Å²) in [6.45, 7) is 0. The second-order valence-electron chi connectivity index (χ2n) is 2.84. The topological polar surface area (TPSA) is 20.2 Å². The fourth-order valence-corrected chi connectivity index (χ4v) is 3.83. The molecule has 2 rings (SSSR count). The lowest BCUT2D eigenvalue weighted by Gasteiger charge is -1.96. The number of hydrogen-bond acceptors (Lipinski definition) is 3. The van der Waals surface area contributed by atoms with E-state index in [0.717, 1.165) is 10.3 Å². The molecule has 0 radical (unpaired) electrons. The third kappa shape index (κ3) is 1.55. The standard InChI is InChI=1S/C10H9BrOS2/c1-13-7-4-2-3-6-9(12)8(5-11)14-10(6)7/h2-4,12H,5H2,1H3. The van der Waals surface area contributed by atoms with Gasteiger partial charge in [-0.05, 0) is 18.4 Å². The average Bonchev–Trinajstić information content (AvgIpc) is 2.55. The molecule has 1 nitrogen and oxygen atoms in total. The quantitative estimate of drug-likeness (QED) is 0.659. The van der Waals surface area contributed by atoms with Crippen LogP contribution in [0.25, 0.3) is 10.1 Å². The lowest BCUT2D eigenvalue weighted by atomic mass is 10.2. The van der Waals surface area contributed by atoms with E-state index in [1.165, 1.54) is 9.60 Å². The number of halogens is 1. The maximum Gasteiger partial charge on any atom is 0.138 e. The predicted molar refractivity (Wildman–Crippen MR) is 67.9 cm³/mol. The number of rotatable bonds is 2. The van der Waals surface area contributed by atoms with Gasteiger partial charge >= 0.3 is 0 Å². The Kier molecular flexibility index (Phi) is 3.04. The van der Waals surface area contributed by atoms with E-state index in [9.17, 15) is 5.11 Å². The molecule has 0 fully saturated rings.